The van der Waals surface area contributed by atoms with Crippen LogP contribution in [0.5, 0.6) is 0 Å². The minimum absolute atomic E-state index is 0.0212. The van der Waals surface area contributed by atoms with E-state index in [1.165, 1.54) is 29.0 Å². The number of carbonyl (C=O) groups excluding carboxylic acids is 1. The number of nitrogens with zero attached hydrogens (tertiary/aromatic N) is 2. The molecule has 0 saturated heterocycles. The number of carboxylic acid groups (broad SMARTS) is 1. The van der Waals surface area contributed by atoms with Crippen LogP contribution in [0.15, 0.2) is 54.9 Å². The maximum atomic E-state index is 13.3. The molecule has 2 aromatic heterocycles. The number of rotatable bonds is 7. The molecule has 36 heavy (non-hydrogen) atoms. The fraction of sp³-hybridized carbons (Fsp3) is 0.296. The second-order valence-electron chi connectivity index (χ2n) is 9.28. The molecule has 0 aliphatic heterocycles. The number of fused-ring (bicyclic) bond motifs is 1. The lowest BCUT2D eigenvalue weighted by atomic mass is 9.77. The average Bonchev–Trinajstić information content (AvgIpc) is 3.45. The number of amides is 1. The molecule has 2 N–H and O–H groups in total. The molecule has 0 bridgehead atoms. The summed E-state index contributed by atoms with van der Waals surface area (Å²) in [4.78, 5) is 29.7. The smallest absolute Gasteiger partial charge is 0.303 e. The van der Waals surface area contributed by atoms with Crippen molar-refractivity contribution in [1.29, 1.82) is 0 Å². The van der Waals surface area contributed by atoms with Crippen LogP contribution in [0.1, 0.15) is 59.6 Å². The van der Waals surface area contributed by atoms with E-state index < -0.39 is 11.8 Å². The molecule has 2 aromatic carbocycles. The molecule has 1 aliphatic rings. The van der Waals surface area contributed by atoms with E-state index >= 15 is 0 Å². The van der Waals surface area contributed by atoms with Crippen molar-refractivity contribution in [1.82, 2.24) is 14.7 Å². The van der Waals surface area contributed by atoms with Gasteiger partial charge in [0.25, 0.3) is 5.91 Å². The zero-order valence-corrected chi connectivity index (χ0v) is 21.0. The van der Waals surface area contributed by atoms with Gasteiger partial charge in [-0.2, -0.15) is 0 Å². The highest BCUT2D eigenvalue weighted by atomic mass is 35.5. The monoisotopic (exact) mass is 525 g/mol. The van der Waals surface area contributed by atoms with Crippen LogP contribution in [0.4, 0.5) is 4.39 Å². The van der Waals surface area contributed by atoms with Crippen LogP contribution >= 0.6 is 22.9 Å². The molecule has 1 aliphatic carbocycles. The zero-order chi connectivity index (χ0) is 25.2. The van der Waals surface area contributed by atoms with Crippen molar-refractivity contribution >= 4 is 39.8 Å². The molecular weight excluding hydrogens is 501 g/mol. The molecule has 0 spiro atoms. The van der Waals surface area contributed by atoms with Gasteiger partial charge in [0, 0.05) is 25.4 Å². The van der Waals surface area contributed by atoms with E-state index in [9.17, 15) is 14.0 Å². The number of hydrogen-bond donors (Lipinski definition) is 2. The van der Waals surface area contributed by atoms with Crippen LogP contribution in [-0.4, -0.2) is 26.4 Å². The van der Waals surface area contributed by atoms with Crippen molar-refractivity contribution in [2.24, 2.45) is 5.92 Å². The van der Waals surface area contributed by atoms with Gasteiger partial charge in [-0.05, 0) is 66.3 Å². The largest absolute Gasteiger partial charge is 0.481 e. The fourth-order valence-electron chi connectivity index (χ4n) is 4.83. The van der Waals surface area contributed by atoms with Gasteiger partial charge in [-0.1, -0.05) is 53.3 Å². The van der Waals surface area contributed by atoms with Crippen LogP contribution in [0.25, 0.3) is 15.4 Å². The van der Waals surface area contributed by atoms with Crippen molar-refractivity contribution in [3.05, 3.63) is 82.5 Å². The summed E-state index contributed by atoms with van der Waals surface area (Å²) in [5.41, 5.74) is 3.41. The van der Waals surface area contributed by atoms with E-state index in [0.717, 1.165) is 41.1 Å². The molecule has 0 radical (unpaired) electrons. The Morgan fingerprint density at radius 2 is 1.86 bits per heavy atom. The molecule has 5 rings (SSSR count). The SMILES string of the molecule is O=C(O)CC1CCC(c2ccc(-c3cn4cc(C(=O)NCc5ccc(F)c(Cl)c5)nc4s3)cc2)CC1. The first kappa shape index (κ1) is 24.5. The Morgan fingerprint density at radius 1 is 1.11 bits per heavy atom. The number of carboxylic acids is 1. The van der Waals surface area contributed by atoms with Crippen LogP contribution in [-0.2, 0) is 11.3 Å². The summed E-state index contributed by atoms with van der Waals surface area (Å²) in [5, 5.41) is 11.8. The third-order valence-corrected chi connectivity index (χ3v) is 8.14. The highest BCUT2D eigenvalue weighted by molar-refractivity contribution is 7.20. The van der Waals surface area contributed by atoms with Crippen LogP contribution in [0, 0.1) is 11.7 Å². The van der Waals surface area contributed by atoms with Crippen molar-refractivity contribution < 1.29 is 19.1 Å². The summed E-state index contributed by atoms with van der Waals surface area (Å²) in [6.45, 7) is 0.225. The number of aromatic nitrogens is 2. The summed E-state index contributed by atoms with van der Waals surface area (Å²) in [7, 11) is 0. The molecule has 0 atom stereocenters. The van der Waals surface area contributed by atoms with E-state index in [2.05, 4.69) is 34.6 Å². The second-order valence-corrected chi connectivity index (χ2v) is 10.7. The Balaban J connectivity index is 1.21. The maximum absolute atomic E-state index is 13.3. The molecule has 4 aromatic rings. The Kier molecular flexibility index (Phi) is 7.07. The van der Waals surface area contributed by atoms with E-state index in [4.69, 9.17) is 16.7 Å². The highest BCUT2D eigenvalue weighted by Gasteiger charge is 2.24. The summed E-state index contributed by atoms with van der Waals surface area (Å²) >= 11 is 7.31. The quantitative estimate of drug-likeness (QED) is 0.287. The molecule has 2 heterocycles. The summed E-state index contributed by atoms with van der Waals surface area (Å²) in [6, 6.07) is 12.9. The van der Waals surface area contributed by atoms with Gasteiger partial charge < -0.3 is 10.4 Å². The highest BCUT2D eigenvalue weighted by Crippen LogP contribution is 2.38. The van der Waals surface area contributed by atoms with Gasteiger partial charge in [0.2, 0.25) is 0 Å². The van der Waals surface area contributed by atoms with Gasteiger partial charge in [0.15, 0.2) is 4.96 Å². The molecular formula is C27H25ClFN3O3S. The molecule has 9 heteroatoms. The van der Waals surface area contributed by atoms with Gasteiger partial charge in [-0.3, -0.25) is 14.0 Å². The minimum atomic E-state index is -0.701. The van der Waals surface area contributed by atoms with E-state index in [1.54, 1.807) is 12.3 Å². The molecule has 186 valence electrons. The van der Waals surface area contributed by atoms with Crippen LogP contribution in [0.3, 0.4) is 0 Å². The summed E-state index contributed by atoms with van der Waals surface area (Å²) in [5.74, 6) is -0.722. The Bertz CT molecular complexity index is 1380. The van der Waals surface area contributed by atoms with Crippen molar-refractivity contribution in [3.8, 4) is 10.4 Å². The zero-order valence-electron chi connectivity index (χ0n) is 19.4. The third-order valence-electron chi connectivity index (χ3n) is 6.80. The van der Waals surface area contributed by atoms with Crippen LogP contribution < -0.4 is 5.32 Å². The maximum Gasteiger partial charge on any atom is 0.303 e. The fourth-order valence-corrected chi connectivity index (χ4v) is 6.00. The summed E-state index contributed by atoms with van der Waals surface area (Å²) in [6.07, 6.45) is 7.94. The van der Waals surface area contributed by atoms with Crippen molar-refractivity contribution in [2.45, 2.75) is 44.6 Å². The van der Waals surface area contributed by atoms with Gasteiger partial charge in [-0.25, -0.2) is 9.37 Å². The number of carbonyl (C=O) groups is 2. The number of benzene rings is 2. The van der Waals surface area contributed by atoms with E-state index in [-0.39, 0.29) is 23.9 Å². The Hall–Kier alpha value is -3.23. The predicted octanol–water partition coefficient (Wildman–Crippen LogP) is 6.53. The number of aliphatic carboxylic acids is 1. The Morgan fingerprint density at radius 3 is 2.53 bits per heavy atom. The molecule has 1 fully saturated rings. The van der Waals surface area contributed by atoms with Gasteiger partial charge in [0.1, 0.15) is 11.5 Å². The van der Waals surface area contributed by atoms with Crippen molar-refractivity contribution in [2.75, 3.05) is 0 Å². The second kappa shape index (κ2) is 10.4. The Labute approximate surface area is 216 Å². The lowest BCUT2D eigenvalue weighted by Gasteiger charge is -2.28. The first-order valence-corrected chi connectivity index (χ1v) is 13.1. The van der Waals surface area contributed by atoms with Gasteiger partial charge in [-0.15, -0.1) is 0 Å². The first-order valence-electron chi connectivity index (χ1n) is 11.9. The van der Waals surface area contributed by atoms with E-state index in [1.807, 2.05) is 10.6 Å². The predicted molar refractivity (Wildman–Crippen MR) is 138 cm³/mol. The number of thiazole rings is 1. The number of halogens is 2. The standard InChI is InChI=1S/C27H25ClFN3O3S/c28-21-11-17(3-10-22(21)29)13-30-26(35)23-14-32-15-24(36-27(32)31-23)20-8-6-19(7-9-20)18-4-1-16(2-5-18)12-25(33)34/h3,6-11,14-16,18H,1-2,4-5,12-13H2,(H,30,35)(H,33,34). The normalized spacial score (nSPS) is 17.8. The molecule has 6 nitrogen and oxygen atoms in total. The molecule has 1 saturated carbocycles. The number of imidazole rings is 1. The third kappa shape index (κ3) is 5.44. The number of hydrogen-bond acceptors (Lipinski definition) is 4. The lowest BCUT2D eigenvalue weighted by Crippen LogP contribution is -2.23. The lowest BCUT2D eigenvalue weighted by molar-refractivity contribution is -0.138. The van der Waals surface area contributed by atoms with Crippen LogP contribution in [0.2, 0.25) is 5.02 Å². The molecule has 1 amide bonds. The molecule has 0 unspecified atom stereocenters. The van der Waals surface area contributed by atoms with Gasteiger partial charge in [0.05, 0.1) is 9.90 Å². The summed E-state index contributed by atoms with van der Waals surface area (Å²) < 4.78 is 15.2. The first-order chi connectivity index (χ1) is 17.4. The average molecular weight is 526 g/mol. The van der Waals surface area contributed by atoms with Crippen molar-refractivity contribution in [3.63, 3.8) is 0 Å². The van der Waals surface area contributed by atoms with E-state index in [0.29, 0.717) is 23.1 Å². The topological polar surface area (TPSA) is 83.7 Å². The number of nitrogens with one attached hydrogen (secondary N) is 1. The minimum Gasteiger partial charge on any atom is -0.481 e. The van der Waals surface area contributed by atoms with Gasteiger partial charge >= 0.3 is 5.97 Å².